The summed E-state index contributed by atoms with van der Waals surface area (Å²) in [6, 6.07) is 5.96. The molecular formula is C17H26N2O. The Labute approximate surface area is 122 Å². The molecule has 0 bridgehead atoms. The lowest BCUT2D eigenvalue weighted by Crippen LogP contribution is -2.43. The summed E-state index contributed by atoms with van der Waals surface area (Å²) in [6.07, 6.45) is 2.31. The minimum absolute atomic E-state index is 0.170. The van der Waals surface area contributed by atoms with Gasteiger partial charge in [0.05, 0.1) is 0 Å². The van der Waals surface area contributed by atoms with Crippen LogP contribution < -0.4 is 5.32 Å². The summed E-state index contributed by atoms with van der Waals surface area (Å²) < 4.78 is 0. The van der Waals surface area contributed by atoms with Crippen LogP contribution >= 0.6 is 0 Å². The Balaban J connectivity index is 2.15. The van der Waals surface area contributed by atoms with Gasteiger partial charge in [0.25, 0.3) is 5.91 Å². The third-order valence-corrected chi connectivity index (χ3v) is 4.03. The average Bonchev–Trinajstić information content (AvgIpc) is 2.39. The first-order chi connectivity index (χ1) is 9.43. The Morgan fingerprint density at radius 3 is 2.75 bits per heavy atom. The monoisotopic (exact) mass is 274 g/mol. The lowest BCUT2D eigenvalue weighted by atomic mass is 9.84. The highest BCUT2D eigenvalue weighted by molar-refractivity contribution is 5.95. The molecule has 3 nitrogen and oxygen atoms in total. The van der Waals surface area contributed by atoms with Gasteiger partial charge < -0.3 is 10.2 Å². The van der Waals surface area contributed by atoms with Crippen molar-refractivity contribution in [1.82, 2.24) is 4.90 Å². The molecule has 1 aliphatic rings. The van der Waals surface area contributed by atoms with Crippen LogP contribution in [-0.2, 0) is 0 Å². The number of amides is 1. The van der Waals surface area contributed by atoms with Crippen LogP contribution in [0.15, 0.2) is 18.2 Å². The first-order valence-corrected chi connectivity index (χ1v) is 7.57. The van der Waals surface area contributed by atoms with Gasteiger partial charge in [-0.05, 0) is 55.9 Å². The van der Waals surface area contributed by atoms with Crippen LogP contribution in [0.3, 0.4) is 0 Å². The number of benzene rings is 1. The summed E-state index contributed by atoms with van der Waals surface area (Å²) >= 11 is 0. The molecule has 0 saturated carbocycles. The molecule has 0 aliphatic carbocycles. The molecule has 1 aromatic rings. The first kappa shape index (κ1) is 14.9. The highest BCUT2D eigenvalue weighted by Crippen LogP contribution is 2.29. The normalized spacial score (nSPS) is 17.9. The Bertz CT molecular complexity index is 494. The molecule has 0 radical (unpaired) electrons. The molecule has 0 unspecified atom stereocenters. The number of hydrogen-bond acceptors (Lipinski definition) is 2. The molecule has 1 heterocycles. The van der Waals surface area contributed by atoms with Crippen molar-refractivity contribution < 1.29 is 4.79 Å². The molecular weight excluding hydrogens is 248 g/mol. The van der Waals surface area contributed by atoms with Crippen LogP contribution in [0.5, 0.6) is 0 Å². The van der Waals surface area contributed by atoms with Crippen LogP contribution in [0, 0.1) is 12.3 Å². The summed E-state index contributed by atoms with van der Waals surface area (Å²) in [5, 5.41) is 3.31. The van der Waals surface area contributed by atoms with Crippen LogP contribution in [0.1, 0.15) is 49.5 Å². The molecule has 1 aromatic carbocycles. The van der Waals surface area contributed by atoms with E-state index in [1.807, 2.05) is 23.1 Å². The highest BCUT2D eigenvalue weighted by atomic mass is 16.2. The van der Waals surface area contributed by atoms with Gasteiger partial charge in [0.15, 0.2) is 0 Å². The number of carbonyl (C=O) groups is 1. The second-order valence-electron chi connectivity index (χ2n) is 6.55. The lowest BCUT2D eigenvalue weighted by molar-refractivity contribution is 0.0583. The summed E-state index contributed by atoms with van der Waals surface area (Å²) in [6.45, 7) is 11.3. The number of aryl methyl sites for hydroxylation is 1. The molecule has 0 atom stereocenters. The van der Waals surface area contributed by atoms with Gasteiger partial charge >= 0.3 is 0 Å². The SMILES string of the molecule is CCNc1ccc(C(=O)N2CCCC(C)(C)C2)cc1C. The van der Waals surface area contributed by atoms with E-state index in [0.29, 0.717) is 0 Å². The second-order valence-corrected chi connectivity index (χ2v) is 6.55. The fraction of sp³-hybridized carbons (Fsp3) is 0.588. The third kappa shape index (κ3) is 3.33. The Kier molecular flexibility index (Phi) is 4.36. The predicted octanol–water partition coefficient (Wildman–Crippen LogP) is 3.69. The second kappa shape index (κ2) is 5.86. The minimum atomic E-state index is 0.170. The molecule has 0 spiro atoms. The lowest BCUT2D eigenvalue weighted by Gasteiger charge is -2.38. The van der Waals surface area contributed by atoms with Gasteiger partial charge in [-0.1, -0.05) is 13.8 Å². The van der Waals surface area contributed by atoms with E-state index in [-0.39, 0.29) is 11.3 Å². The van der Waals surface area contributed by atoms with E-state index in [1.54, 1.807) is 0 Å². The molecule has 3 heteroatoms. The maximum Gasteiger partial charge on any atom is 0.253 e. The highest BCUT2D eigenvalue weighted by Gasteiger charge is 2.29. The number of likely N-dealkylation sites (tertiary alicyclic amines) is 1. The zero-order chi connectivity index (χ0) is 14.8. The quantitative estimate of drug-likeness (QED) is 0.911. The van der Waals surface area contributed by atoms with Crippen LogP contribution in [0.4, 0.5) is 5.69 Å². The maximum absolute atomic E-state index is 12.6. The zero-order valence-electron chi connectivity index (χ0n) is 13.1. The van der Waals surface area contributed by atoms with E-state index in [2.05, 4.69) is 33.0 Å². The van der Waals surface area contributed by atoms with Crippen LogP contribution in [0.25, 0.3) is 0 Å². The van der Waals surface area contributed by atoms with E-state index in [1.165, 1.54) is 6.42 Å². The molecule has 2 rings (SSSR count). The fourth-order valence-electron chi connectivity index (χ4n) is 2.96. The largest absolute Gasteiger partial charge is 0.385 e. The number of nitrogens with one attached hydrogen (secondary N) is 1. The number of rotatable bonds is 3. The molecule has 1 aliphatic heterocycles. The van der Waals surface area contributed by atoms with E-state index in [9.17, 15) is 4.79 Å². The average molecular weight is 274 g/mol. The van der Waals surface area contributed by atoms with Crippen LogP contribution in [0.2, 0.25) is 0 Å². The van der Waals surface area contributed by atoms with E-state index in [4.69, 9.17) is 0 Å². The zero-order valence-corrected chi connectivity index (χ0v) is 13.1. The van der Waals surface area contributed by atoms with Gasteiger partial charge in [0.2, 0.25) is 0 Å². The summed E-state index contributed by atoms with van der Waals surface area (Å²) in [7, 11) is 0. The first-order valence-electron chi connectivity index (χ1n) is 7.57. The summed E-state index contributed by atoms with van der Waals surface area (Å²) in [4.78, 5) is 14.6. The standard InChI is InChI=1S/C17H26N2O/c1-5-18-15-8-7-14(11-13(15)2)16(20)19-10-6-9-17(3,4)12-19/h7-8,11,18H,5-6,9-10,12H2,1-4H3. The van der Waals surface area contributed by atoms with Crippen molar-refractivity contribution in [3.05, 3.63) is 29.3 Å². The van der Waals surface area contributed by atoms with Crippen molar-refractivity contribution in [1.29, 1.82) is 0 Å². The minimum Gasteiger partial charge on any atom is -0.385 e. The topological polar surface area (TPSA) is 32.3 Å². The third-order valence-electron chi connectivity index (χ3n) is 4.03. The van der Waals surface area contributed by atoms with Crippen LogP contribution in [-0.4, -0.2) is 30.4 Å². The summed E-state index contributed by atoms with van der Waals surface area (Å²) in [5.41, 5.74) is 3.30. The molecule has 1 amide bonds. The van der Waals surface area contributed by atoms with Gasteiger partial charge in [-0.3, -0.25) is 4.79 Å². The van der Waals surface area contributed by atoms with Crippen molar-refractivity contribution in [2.75, 3.05) is 25.0 Å². The number of piperidine rings is 1. The van der Waals surface area contributed by atoms with Crippen molar-refractivity contribution in [3.8, 4) is 0 Å². The van der Waals surface area contributed by atoms with E-state index >= 15 is 0 Å². The van der Waals surface area contributed by atoms with Gasteiger partial charge in [-0.15, -0.1) is 0 Å². The van der Waals surface area contributed by atoms with Crippen molar-refractivity contribution in [2.24, 2.45) is 5.41 Å². The Morgan fingerprint density at radius 2 is 2.15 bits per heavy atom. The predicted molar refractivity (Wildman–Crippen MR) is 84.3 cm³/mol. The van der Waals surface area contributed by atoms with Gasteiger partial charge in [-0.25, -0.2) is 0 Å². The number of hydrogen-bond donors (Lipinski definition) is 1. The number of carbonyl (C=O) groups excluding carboxylic acids is 1. The van der Waals surface area contributed by atoms with Crippen molar-refractivity contribution in [3.63, 3.8) is 0 Å². The van der Waals surface area contributed by atoms with E-state index < -0.39 is 0 Å². The molecule has 1 fully saturated rings. The van der Waals surface area contributed by atoms with Crippen molar-refractivity contribution in [2.45, 2.75) is 40.5 Å². The molecule has 110 valence electrons. The molecule has 1 N–H and O–H groups in total. The molecule has 20 heavy (non-hydrogen) atoms. The maximum atomic E-state index is 12.6. The van der Waals surface area contributed by atoms with E-state index in [0.717, 1.165) is 42.9 Å². The summed E-state index contributed by atoms with van der Waals surface area (Å²) in [5.74, 6) is 0.170. The molecule has 0 aromatic heterocycles. The van der Waals surface area contributed by atoms with Gasteiger partial charge in [0.1, 0.15) is 0 Å². The Morgan fingerprint density at radius 1 is 1.40 bits per heavy atom. The smallest absolute Gasteiger partial charge is 0.253 e. The number of anilines is 1. The van der Waals surface area contributed by atoms with Gasteiger partial charge in [-0.2, -0.15) is 0 Å². The Hall–Kier alpha value is -1.51. The number of nitrogens with zero attached hydrogens (tertiary/aromatic N) is 1. The molecule has 1 saturated heterocycles. The van der Waals surface area contributed by atoms with Gasteiger partial charge in [0, 0.05) is 30.9 Å². The van der Waals surface area contributed by atoms with Crippen molar-refractivity contribution >= 4 is 11.6 Å². The fourth-order valence-corrected chi connectivity index (χ4v) is 2.96.